The summed E-state index contributed by atoms with van der Waals surface area (Å²) in [4.78, 5) is 2.31. The number of rotatable bonds is 8. The summed E-state index contributed by atoms with van der Waals surface area (Å²) in [6, 6.07) is 3.23. The highest BCUT2D eigenvalue weighted by Crippen LogP contribution is 2.40. The normalized spacial score (nSPS) is 30.7. The van der Waals surface area contributed by atoms with Crippen LogP contribution in [-0.2, 0) is 4.74 Å². The standard InChI is InChI=1S/C15H27N3O/c1-18(10-11-19-2)9-7-13-4-3-8-15(13,12-16)17-14-5-6-14/h13-14,17H,3-11H2,1-2H3. The van der Waals surface area contributed by atoms with Gasteiger partial charge < -0.3 is 9.64 Å². The van der Waals surface area contributed by atoms with Crippen molar-refractivity contribution in [2.75, 3.05) is 33.9 Å². The first-order chi connectivity index (χ1) is 9.20. The van der Waals surface area contributed by atoms with Crippen LogP contribution in [0.3, 0.4) is 0 Å². The third-order valence-corrected chi connectivity index (χ3v) is 4.60. The molecule has 0 aromatic rings. The van der Waals surface area contributed by atoms with E-state index in [1.165, 1.54) is 25.7 Å². The Labute approximate surface area is 117 Å². The molecule has 0 bridgehead atoms. The molecule has 0 aromatic heterocycles. The molecule has 0 aliphatic heterocycles. The van der Waals surface area contributed by atoms with E-state index in [0.29, 0.717) is 12.0 Å². The number of nitrogens with one attached hydrogen (secondary N) is 1. The van der Waals surface area contributed by atoms with Crippen LogP contribution in [0.1, 0.15) is 38.5 Å². The number of nitrogens with zero attached hydrogens (tertiary/aromatic N) is 2. The molecule has 0 spiro atoms. The van der Waals surface area contributed by atoms with E-state index >= 15 is 0 Å². The lowest BCUT2D eigenvalue weighted by molar-refractivity contribution is 0.154. The Morgan fingerprint density at radius 2 is 2.16 bits per heavy atom. The van der Waals surface area contributed by atoms with E-state index in [2.05, 4.69) is 23.3 Å². The van der Waals surface area contributed by atoms with Gasteiger partial charge in [0.05, 0.1) is 12.7 Å². The zero-order valence-corrected chi connectivity index (χ0v) is 12.3. The molecule has 2 rings (SSSR count). The van der Waals surface area contributed by atoms with Crippen molar-refractivity contribution < 1.29 is 4.74 Å². The lowest BCUT2D eigenvalue weighted by Gasteiger charge is -2.31. The van der Waals surface area contributed by atoms with Gasteiger partial charge in [-0.3, -0.25) is 5.32 Å². The van der Waals surface area contributed by atoms with Crippen molar-refractivity contribution in [3.8, 4) is 6.07 Å². The van der Waals surface area contributed by atoms with Crippen LogP contribution in [-0.4, -0.2) is 50.3 Å². The first-order valence-electron chi connectivity index (χ1n) is 7.56. The Morgan fingerprint density at radius 3 is 2.79 bits per heavy atom. The quantitative estimate of drug-likeness (QED) is 0.726. The van der Waals surface area contributed by atoms with Gasteiger partial charge in [0, 0.05) is 19.7 Å². The van der Waals surface area contributed by atoms with E-state index in [4.69, 9.17) is 4.74 Å². The Hall–Kier alpha value is -0.630. The summed E-state index contributed by atoms with van der Waals surface area (Å²) in [5.74, 6) is 0.517. The minimum Gasteiger partial charge on any atom is -0.383 e. The van der Waals surface area contributed by atoms with Gasteiger partial charge in [-0.2, -0.15) is 5.26 Å². The summed E-state index contributed by atoms with van der Waals surface area (Å²) in [5.41, 5.74) is -0.233. The maximum Gasteiger partial charge on any atom is 0.109 e. The Bertz CT molecular complexity index is 324. The lowest BCUT2D eigenvalue weighted by Crippen LogP contribution is -2.48. The van der Waals surface area contributed by atoms with Gasteiger partial charge in [0.15, 0.2) is 0 Å². The molecule has 2 fully saturated rings. The fourth-order valence-corrected chi connectivity index (χ4v) is 3.17. The minimum atomic E-state index is -0.233. The average molecular weight is 265 g/mol. The number of hydrogen-bond donors (Lipinski definition) is 1. The topological polar surface area (TPSA) is 48.3 Å². The first-order valence-corrected chi connectivity index (χ1v) is 7.56. The molecule has 0 radical (unpaired) electrons. The first kappa shape index (κ1) is 14.8. The van der Waals surface area contributed by atoms with Crippen molar-refractivity contribution in [2.45, 2.75) is 50.1 Å². The fourth-order valence-electron chi connectivity index (χ4n) is 3.17. The molecule has 0 heterocycles. The molecule has 0 amide bonds. The lowest BCUT2D eigenvalue weighted by atomic mass is 9.85. The summed E-state index contributed by atoms with van der Waals surface area (Å²) in [6.07, 6.45) is 7.05. The molecule has 2 saturated carbocycles. The maximum absolute atomic E-state index is 9.62. The van der Waals surface area contributed by atoms with E-state index < -0.39 is 0 Å². The van der Waals surface area contributed by atoms with Crippen molar-refractivity contribution in [2.24, 2.45) is 5.92 Å². The molecule has 4 nitrogen and oxygen atoms in total. The van der Waals surface area contributed by atoms with E-state index in [9.17, 15) is 5.26 Å². The van der Waals surface area contributed by atoms with Crippen LogP contribution in [0.25, 0.3) is 0 Å². The second kappa shape index (κ2) is 6.69. The predicted octanol–water partition coefficient (Wildman–Crippen LogP) is 1.77. The van der Waals surface area contributed by atoms with E-state index in [0.717, 1.165) is 32.5 Å². The van der Waals surface area contributed by atoms with Crippen molar-refractivity contribution >= 4 is 0 Å². The van der Waals surface area contributed by atoms with Crippen molar-refractivity contribution in [3.63, 3.8) is 0 Å². The number of methoxy groups -OCH3 is 1. The number of nitriles is 1. The summed E-state index contributed by atoms with van der Waals surface area (Å²) in [7, 11) is 3.88. The maximum atomic E-state index is 9.62. The summed E-state index contributed by atoms with van der Waals surface area (Å²) < 4.78 is 5.10. The smallest absolute Gasteiger partial charge is 0.109 e. The zero-order valence-electron chi connectivity index (χ0n) is 12.3. The zero-order chi connectivity index (χ0) is 13.7. The Balaban J connectivity index is 1.82. The van der Waals surface area contributed by atoms with E-state index in [-0.39, 0.29) is 5.54 Å². The van der Waals surface area contributed by atoms with Gasteiger partial charge >= 0.3 is 0 Å². The highest BCUT2D eigenvalue weighted by molar-refractivity contribution is 5.16. The van der Waals surface area contributed by atoms with Crippen molar-refractivity contribution in [1.29, 1.82) is 5.26 Å². The molecule has 2 atom stereocenters. The summed E-state index contributed by atoms with van der Waals surface area (Å²) >= 11 is 0. The molecule has 2 aliphatic carbocycles. The van der Waals surface area contributed by atoms with Gasteiger partial charge in [-0.15, -0.1) is 0 Å². The monoisotopic (exact) mass is 265 g/mol. The third kappa shape index (κ3) is 3.92. The van der Waals surface area contributed by atoms with Crippen LogP contribution in [0, 0.1) is 17.2 Å². The van der Waals surface area contributed by atoms with Crippen LogP contribution in [0.5, 0.6) is 0 Å². The van der Waals surface area contributed by atoms with Gasteiger partial charge in [-0.25, -0.2) is 0 Å². The number of likely N-dealkylation sites (N-methyl/N-ethyl adjacent to an activating group) is 1. The molecular formula is C15H27N3O. The average Bonchev–Trinajstić information content (AvgIpc) is 3.13. The minimum absolute atomic E-state index is 0.233. The number of ether oxygens (including phenoxy) is 1. The van der Waals surface area contributed by atoms with E-state index in [1.54, 1.807) is 7.11 Å². The SMILES string of the molecule is COCCN(C)CCC1CCCC1(C#N)NC1CC1. The molecule has 2 unspecified atom stereocenters. The summed E-state index contributed by atoms with van der Waals surface area (Å²) in [5, 5.41) is 13.3. The predicted molar refractivity (Wildman–Crippen MR) is 75.8 cm³/mol. The Morgan fingerprint density at radius 1 is 1.37 bits per heavy atom. The van der Waals surface area contributed by atoms with Crippen LogP contribution in [0.4, 0.5) is 0 Å². The van der Waals surface area contributed by atoms with Gasteiger partial charge in [0.25, 0.3) is 0 Å². The number of hydrogen-bond acceptors (Lipinski definition) is 4. The fraction of sp³-hybridized carbons (Fsp3) is 0.933. The second-order valence-corrected chi connectivity index (χ2v) is 6.18. The third-order valence-electron chi connectivity index (χ3n) is 4.60. The van der Waals surface area contributed by atoms with Crippen LogP contribution in [0.15, 0.2) is 0 Å². The van der Waals surface area contributed by atoms with E-state index in [1.807, 2.05) is 0 Å². The van der Waals surface area contributed by atoms with Crippen LogP contribution >= 0.6 is 0 Å². The van der Waals surface area contributed by atoms with Crippen LogP contribution in [0.2, 0.25) is 0 Å². The Kier molecular flexibility index (Phi) is 5.20. The van der Waals surface area contributed by atoms with Gasteiger partial charge in [-0.1, -0.05) is 6.42 Å². The molecule has 1 N–H and O–H groups in total. The molecule has 2 aliphatic rings. The molecule has 0 saturated heterocycles. The summed E-state index contributed by atoms with van der Waals surface area (Å²) in [6.45, 7) is 2.81. The van der Waals surface area contributed by atoms with Gasteiger partial charge in [-0.05, 0) is 51.6 Å². The van der Waals surface area contributed by atoms with Crippen molar-refractivity contribution in [1.82, 2.24) is 10.2 Å². The second-order valence-electron chi connectivity index (χ2n) is 6.18. The van der Waals surface area contributed by atoms with Gasteiger partial charge in [0.1, 0.15) is 5.54 Å². The van der Waals surface area contributed by atoms with Crippen molar-refractivity contribution in [3.05, 3.63) is 0 Å². The molecule has 0 aromatic carbocycles. The highest BCUT2D eigenvalue weighted by Gasteiger charge is 2.45. The molecule has 19 heavy (non-hydrogen) atoms. The largest absolute Gasteiger partial charge is 0.383 e. The van der Waals surface area contributed by atoms with Crippen LogP contribution < -0.4 is 5.32 Å². The molecule has 108 valence electrons. The molecular weight excluding hydrogens is 238 g/mol. The van der Waals surface area contributed by atoms with Gasteiger partial charge in [0.2, 0.25) is 0 Å². The molecule has 4 heteroatoms. The highest BCUT2D eigenvalue weighted by atomic mass is 16.5.